The Balaban J connectivity index is 1.59. The molecule has 0 heterocycles. The predicted molar refractivity (Wildman–Crippen MR) is 176 cm³/mol. The highest BCUT2D eigenvalue weighted by molar-refractivity contribution is 6.33. The van der Waals surface area contributed by atoms with E-state index in [1.54, 1.807) is 13.2 Å². The number of phenols is 1. The van der Waals surface area contributed by atoms with Gasteiger partial charge < -0.3 is 35.3 Å². The third-order valence-corrected chi connectivity index (χ3v) is 11.5. The molecule has 0 radical (unpaired) electrons. The van der Waals surface area contributed by atoms with Crippen molar-refractivity contribution in [1.82, 2.24) is 0 Å². The molecule has 0 saturated carbocycles. The molecular weight excluding hydrogens is 614 g/mol. The lowest BCUT2D eigenvalue weighted by Crippen LogP contribution is -2.61. The van der Waals surface area contributed by atoms with Crippen LogP contribution in [0.2, 0.25) is 0 Å². The molecule has 7 rings (SSSR count). The maximum absolute atomic E-state index is 14.6. The monoisotopic (exact) mass is 653 g/mol. The summed E-state index contributed by atoms with van der Waals surface area (Å²) in [7, 11) is 2.98. The summed E-state index contributed by atoms with van der Waals surface area (Å²) in [6.45, 7) is 6.65. The summed E-state index contributed by atoms with van der Waals surface area (Å²) in [5, 5.41) is 36.1. The number of hydrogen-bond acceptors (Lipinski definition) is 9. The molecule has 0 fully saturated rings. The molecule has 4 aliphatic carbocycles. The van der Waals surface area contributed by atoms with Crippen LogP contribution < -0.4 is 15.2 Å². The Labute approximate surface area is 277 Å². The van der Waals surface area contributed by atoms with Crippen LogP contribution in [0.25, 0.3) is 10.8 Å². The van der Waals surface area contributed by atoms with Gasteiger partial charge in [-0.2, -0.15) is 0 Å². The first-order valence-electron chi connectivity index (χ1n) is 16.1. The largest absolute Gasteiger partial charge is 0.511 e. The lowest BCUT2D eigenvalue weighted by molar-refractivity contribution is -0.145. The van der Waals surface area contributed by atoms with Crippen LogP contribution in [-0.4, -0.2) is 52.6 Å². The minimum atomic E-state index is -2.83. The molecule has 250 valence electrons. The van der Waals surface area contributed by atoms with Gasteiger partial charge in [0.05, 0.1) is 24.2 Å². The second-order valence-electron chi connectivity index (χ2n) is 14.1. The molecular formula is C38H39NO9. The van der Waals surface area contributed by atoms with E-state index in [2.05, 4.69) is 26.8 Å². The van der Waals surface area contributed by atoms with Gasteiger partial charge in [0, 0.05) is 41.9 Å². The van der Waals surface area contributed by atoms with Crippen molar-refractivity contribution in [1.29, 1.82) is 0 Å². The molecule has 1 amide bonds. The number of aromatic hydroxyl groups is 1. The molecule has 0 aromatic heterocycles. The molecule has 0 unspecified atom stereocenters. The van der Waals surface area contributed by atoms with Crippen LogP contribution in [0.15, 0.2) is 59.4 Å². The number of carbonyl (C=O) groups is 3. The molecule has 10 heteroatoms. The van der Waals surface area contributed by atoms with E-state index in [9.17, 15) is 29.7 Å². The van der Waals surface area contributed by atoms with E-state index in [-0.39, 0.29) is 28.7 Å². The van der Waals surface area contributed by atoms with Gasteiger partial charge >= 0.3 is 0 Å². The molecule has 0 aliphatic heterocycles. The quantitative estimate of drug-likeness (QED) is 0.159. The lowest BCUT2D eigenvalue weighted by atomic mass is 9.54. The second kappa shape index (κ2) is 10.7. The summed E-state index contributed by atoms with van der Waals surface area (Å²) in [6, 6.07) is 11.2. The summed E-state index contributed by atoms with van der Waals surface area (Å²) in [6.07, 6.45) is 2.83. The number of amides is 1. The number of rotatable bonds is 6. The van der Waals surface area contributed by atoms with E-state index in [0.717, 1.165) is 29.5 Å². The number of methoxy groups -OCH3 is 2. The highest BCUT2D eigenvalue weighted by atomic mass is 16.5. The van der Waals surface area contributed by atoms with Crippen LogP contribution in [0.3, 0.4) is 0 Å². The van der Waals surface area contributed by atoms with Crippen molar-refractivity contribution in [3.63, 3.8) is 0 Å². The fourth-order valence-corrected chi connectivity index (χ4v) is 9.18. The Morgan fingerprint density at radius 1 is 1.04 bits per heavy atom. The normalized spacial score (nSPS) is 27.2. The zero-order chi connectivity index (χ0) is 34.5. The average Bonchev–Trinajstić information content (AvgIpc) is 3.41. The Bertz CT molecular complexity index is 2010. The summed E-state index contributed by atoms with van der Waals surface area (Å²) < 4.78 is 18.5. The predicted octanol–water partition coefficient (Wildman–Crippen LogP) is 5.19. The van der Waals surface area contributed by atoms with Crippen LogP contribution in [0, 0.1) is 11.3 Å². The van der Waals surface area contributed by atoms with E-state index in [0.29, 0.717) is 28.7 Å². The SMILES string of the molecule is COc1cc(OCc2ccccc2)c2c(O)c3c(c4c2c1[C@]1(C4)C(C)=CCCC1(C)C)[C@@H](OC)[C@H]1CC(O)=C(C(N)=O)C(=O)[C@@]1(O)C3=O. The van der Waals surface area contributed by atoms with Crippen molar-refractivity contribution >= 4 is 28.2 Å². The third kappa shape index (κ3) is 3.90. The summed E-state index contributed by atoms with van der Waals surface area (Å²) in [5.41, 5.74) is 4.44. The zero-order valence-electron chi connectivity index (χ0n) is 27.6. The van der Waals surface area contributed by atoms with Crippen molar-refractivity contribution in [2.75, 3.05) is 14.2 Å². The van der Waals surface area contributed by atoms with Gasteiger partial charge in [0.15, 0.2) is 5.60 Å². The average molecular weight is 654 g/mol. The van der Waals surface area contributed by atoms with Crippen molar-refractivity contribution < 1.29 is 43.9 Å². The van der Waals surface area contributed by atoms with Crippen LogP contribution in [0.4, 0.5) is 0 Å². The van der Waals surface area contributed by atoms with Gasteiger partial charge in [-0.3, -0.25) is 14.4 Å². The minimum absolute atomic E-state index is 0.144. The number of aliphatic hydroxyl groups excluding tert-OH is 1. The van der Waals surface area contributed by atoms with Gasteiger partial charge in [-0.05, 0) is 48.3 Å². The Morgan fingerprint density at radius 3 is 2.38 bits per heavy atom. The molecule has 1 spiro atoms. The Hall–Kier alpha value is -4.67. The first kappa shape index (κ1) is 31.9. The molecule has 3 aromatic rings. The number of aliphatic hydroxyl groups is 2. The number of ether oxygens (including phenoxy) is 3. The number of hydrogen-bond donors (Lipinski definition) is 4. The van der Waals surface area contributed by atoms with Gasteiger partial charge in [-0.1, -0.05) is 55.8 Å². The molecule has 4 atom stereocenters. The maximum Gasteiger partial charge on any atom is 0.255 e. The van der Waals surface area contributed by atoms with E-state index in [1.807, 2.05) is 30.3 Å². The standard InChI is InChI=1S/C38H39NO9/c1-18-10-9-13-36(2,3)37(18)16-20-25-28(23(15-24(46-4)30(25)37)48-17-19-11-7-6-8-12-19)31(41)29-26(20)32(47-5)21-14-22(40)27(35(39)44)33(42)38(21,45)34(29)43/h6-8,10-12,15,21,32,40-41,45H,9,13-14,16-17H2,1-5H3,(H2,39,44)/t21-,32+,37+,38-/m1/s1. The molecule has 10 nitrogen and oxygen atoms in total. The van der Waals surface area contributed by atoms with Crippen molar-refractivity contribution in [2.24, 2.45) is 17.1 Å². The number of allylic oxidation sites excluding steroid dienone is 3. The van der Waals surface area contributed by atoms with E-state index < -0.39 is 64.0 Å². The smallest absolute Gasteiger partial charge is 0.255 e. The fourth-order valence-electron chi connectivity index (χ4n) is 9.18. The van der Waals surface area contributed by atoms with Crippen LogP contribution >= 0.6 is 0 Å². The van der Waals surface area contributed by atoms with Gasteiger partial charge in [0.25, 0.3) is 5.91 Å². The van der Waals surface area contributed by atoms with Gasteiger partial charge in [0.2, 0.25) is 11.6 Å². The number of nitrogens with two attached hydrogens (primary N) is 1. The molecule has 3 aromatic carbocycles. The molecule has 48 heavy (non-hydrogen) atoms. The van der Waals surface area contributed by atoms with Crippen LogP contribution in [0.1, 0.15) is 78.7 Å². The van der Waals surface area contributed by atoms with E-state index >= 15 is 0 Å². The zero-order valence-corrected chi connectivity index (χ0v) is 27.6. The number of phenolic OH excluding ortho intramolecular Hbond substituents is 1. The van der Waals surface area contributed by atoms with Gasteiger partial charge in [-0.25, -0.2) is 0 Å². The van der Waals surface area contributed by atoms with Crippen LogP contribution in [-0.2, 0) is 32.8 Å². The Morgan fingerprint density at radius 2 is 1.75 bits per heavy atom. The highest BCUT2D eigenvalue weighted by Gasteiger charge is 2.65. The third-order valence-electron chi connectivity index (χ3n) is 11.5. The minimum Gasteiger partial charge on any atom is -0.511 e. The summed E-state index contributed by atoms with van der Waals surface area (Å²) in [5.74, 6) is -5.26. The number of fused-ring (bicyclic) bond motifs is 4. The Kier molecular flexibility index (Phi) is 7.09. The van der Waals surface area contributed by atoms with Crippen molar-refractivity contribution in [3.05, 3.63) is 87.2 Å². The lowest BCUT2D eigenvalue weighted by Gasteiger charge is -2.49. The second-order valence-corrected chi connectivity index (χ2v) is 14.1. The topological polar surface area (TPSA) is 166 Å². The van der Waals surface area contributed by atoms with Crippen molar-refractivity contribution in [2.45, 2.75) is 70.2 Å². The fraction of sp³-hybridized carbons (Fsp3) is 0.395. The number of ketones is 2. The first-order chi connectivity index (χ1) is 22.8. The van der Waals surface area contributed by atoms with Crippen LogP contribution in [0.5, 0.6) is 17.2 Å². The maximum atomic E-state index is 14.6. The molecule has 0 bridgehead atoms. The van der Waals surface area contributed by atoms with Gasteiger partial charge in [0.1, 0.15) is 35.2 Å². The molecule has 4 aliphatic rings. The number of benzene rings is 3. The van der Waals surface area contributed by atoms with Gasteiger partial charge in [-0.15, -0.1) is 0 Å². The highest BCUT2D eigenvalue weighted by Crippen LogP contribution is 2.66. The first-order valence-corrected chi connectivity index (χ1v) is 16.1. The number of primary amides is 1. The summed E-state index contributed by atoms with van der Waals surface area (Å²) >= 11 is 0. The number of carbonyl (C=O) groups excluding carboxylic acids is 3. The van der Waals surface area contributed by atoms with E-state index in [1.165, 1.54) is 7.11 Å². The molecule has 0 saturated heterocycles. The van der Waals surface area contributed by atoms with Crippen molar-refractivity contribution in [3.8, 4) is 17.2 Å². The molecule has 5 N–H and O–H groups in total. The number of Topliss-reactive ketones (excluding diaryl/α,β-unsaturated/α-hetero) is 2. The summed E-state index contributed by atoms with van der Waals surface area (Å²) in [4.78, 5) is 40.6. The van der Waals surface area contributed by atoms with E-state index in [4.69, 9.17) is 19.9 Å².